The van der Waals surface area contributed by atoms with Crippen LogP contribution in [0.2, 0.25) is 0 Å². The predicted molar refractivity (Wildman–Crippen MR) is 77.0 cm³/mol. The molecule has 1 heterocycles. The van der Waals surface area contributed by atoms with Gasteiger partial charge in [-0.1, -0.05) is 34.1 Å². The molecule has 1 aromatic heterocycles. The molecule has 0 fully saturated rings. The summed E-state index contributed by atoms with van der Waals surface area (Å²) in [6, 6.07) is 14.1. The molecule has 4 heteroatoms. The predicted octanol–water partition coefficient (Wildman–Crippen LogP) is 4.03. The van der Waals surface area contributed by atoms with Crippen molar-refractivity contribution in [2.75, 3.05) is 12.4 Å². The second-order valence-electron chi connectivity index (χ2n) is 3.99. The summed E-state index contributed by atoms with van der Waals surface area (Å²) in [5, 5.41) is 3.35. The Balaban J connectivity index is 2.13. The number of ether oxygens (including phenoxy) is 1. The van der Waals surface area contributed by atoms with Crippen molar-refractivity contribution in [3.05, 3.63) is 52.5 Å². The lowest BCUT2D eigenvalue weighted by Crippen LogP contribution is -2.08. The van der Waals surface area contributed by atoms with Gasteiger partial charge in [-0.15, -0.1) is 0 Å². The SMILES string of the molecule is COc1cccc(NC(C)c2cccc(Br)c2)n1. The van der Waals surface area contributed by atoms with Gasteiger partial charge in [0.2, 0.25) is 5.88 Å². The Kier molecular flexibility index (Phi) is 4.20. The van der Waals surface area contributed by atoms with Gasteiger partial charge in [-0.2, -0.15) is 4.98 Å². The van der Waals surface area contributed by atoms with Crippen LogP contribution in [0.15, 0.2) is 46.9 Å². The summed E-state index contributed by atoms with van der Waals surface area (Å²) in [5.74, 6) is 1.42. The van der Waals surface area contributed by atoms with Gasteiger partial charge in [-0.25, -0.2) is 0 Å². The Morgan fingerprint density at radius 2 is 2.00 bits per heavy atom. The molecule has 0 saturated heterocycles. The normalized spacial score (nSPS) is 11.9. The van der Waals surface area contributed by atoms with E-state index in [0.717, 1.165) is 10.3 Å². The Hall–Kier alpha value is -1.55. The molecule has 1 aromatic carbocycles. The highest BCUT2D eigenvalue weighted by Gasteiger charge is 2.06. The highest BCUT2D eigenvalue weighted by atomic mass is 79.9. The van der Waals surface area contributed by atoms with Crippen LogP contribution in [-0.2, 0) is 0 Å². The van der Waals surface area contributed by atoms with Gasteiger partial charge >= 0.3 is 0 Å². The van der Waals surface area contributed by atoms with Gasteiger partial charge in [0, 0.05) is 16.6 Å². The number of pyridine rings is 1. The second kappa shape index (κ2) is 5.87. The zero-order chi connectivity index (χ0) is 13.0. The quantitative estimate of drug-likeness (QED) is 0.926. The summed E-state index contributed by atoms with van der Waals surface area (Å²) < 4.78 is 6.18. The van der Waals surface area contributed by atoms with Crippen LogP contribution in [0.3, 0.4) is 0 Å². The Morgan fingerprint density at radius 1 is 1.22 bits per heavy atom. The number of hydrogen-bond donors (Lipinski definition) is 1. The third-order valence-corrected chi connectivity index (χ3v) is 3.14. The average molecular weight is 307 g/mol. The number of aromatic nitrogens is 1. The number of halogens is 1. The second-order valence-corrected chi connectivity index (χ2v) is 4.90. The number of benzene rings is 1. The third-order valence-electron chi connectivity index (χ3n) is 2.65. The molecule has 94 valence electrons. The third kappa shape index (κ3) is 3.23. The van der Waals surface area contributed by atoms with Gasteiger partial charge in [0.15, 0.2) is 0 Å². The van der Waals surface area contributed by atoms with E-state index < -0.39 is 0 Å². The van der Waals surface area contributed by atoms with Crippen molar-refractivity contribution < 1.29 is 4.74 Å². The molecular formula is C14H15BrN2O. The zero-order valence-corrected chi connectivity index (χ0v) is 11.9. The van der Waals surface area contributed by atoms with E-state index in [4.69, 9.17) is 4.74 Å². The van der Waals surface area contributed by atoms with Crippen LogP contribution < -0.4 is 10.1 Å². The molecule has 2 aromatic rings. The number of nitrogens with one attached hydrogen (secondary N) is 1. The standard InChI is InChI=1S/C14H15BrN2O/c1-10(11-5-3-6-12(15)9-11)16-13-7-4-8-14(17-13)18-2/h3-10H,1-2H3,(H,16,17). The fourth-order valence-corrected chi connectivity index (χ4v) is 2.11. The molecule has 1 N–H and O–H groups in total. The van der Waals surface area contributed by atoms with Gasteiger partial charge in [-0.05, 0) is 30.7 Å². The van der Waals surface area contributed by atoms with Crippen molar-refractivity contribution in [1.82, 2.24) is 4.98 Å². The van der Waals surface area contributed by atoms with E-state index in [1.165, 1.54) is 5.56 Å². The van der Waals surface area contributed by atoms with E-state index in [1.54, 1.807) is 7.11 Å². The largest absolute Gasteiger partial charge is 0.481 e. The summed E-state index contributed by atoms with van der Waals surface area (Å²) in [4.78, 5) is 4.33. The maximum atomic E-state index is 5.10. The lowest BCUT2D eigenvalue weighted by Gasteiger charge is -2.15. The van der Waals surface area contributed by atoms with Crippen LogP contribution in [0.4, 0.5) is 5.82 Å². The number of rotatable bonds is 4. The minimum atomic E-state index is 0.183. The maximum Gasteiger partial charge on any atom is 0.214 e. The molecule has 18 heavy (non-hydrogen) atoms. The van der Waals surface area contributed by atoms with Crippen molar-refractivity contribution in [1.29, 1.82) is 0 Å². The first-order chi connectivity index (χ1) is 8.69. The minimum Gasteiger partial charge on any atom is -0.481 e. The first kappa shape index (κ1) is 12.9. The fourth-order valence-electron chi connectivity index (χ4n) is 1.69. The molecule has 0 aliphatic carbocycles. The van der Waals surface area contributed by atoms with Gasteiger partial charge in [0.1, 0.15) is 5.82 Å². The van der Waals surface area contributed by atoms with E-state index in [-0.39, 0.29) is 6.04 Å². The average Bonchev–Trinajstić information content (AvgIpc) is 2.39. The Bertz CT molecular complexity index is 531. The van der Waals surface area contributed by atoms with E-state index in [9.17, 15) is 0 Å². The van der Waals surface area contributed by atoms with Gasteiger partial charge in [0.25, 0.3) is 0 Å². The molecule has 2 rings (SSSR count). The van der Waals surface area contributed by atoms with Gasteiger partial charge in [-0.3, -0.25) is 0 Å². The molecule has 0 spiro atoms. The van der Waals surface area contributed by atoms with Crippen molar-refractivity contribution in [2.45, 2.75) is 13.0 Å². The lowest BCUT2D eigenvalue weighted by atomic mass is 10.1. The first-order valence-electron chi connectivity index (χ1n) is 5.72. The molecule has 1 atom stereocenters. The molecule has 3 nitrogen and oxygen atoms in total. The lowest BCUT2D eigenvalue weighted by molar-refractivity contribution is 0.398. The van der Waals surface area contributed by atoms with Crippen LogP contribution >= 0.6 is 15.9 Å². The molecular weight excluding hydrogens is 292 g/mol. The van der Waals surface area contributed by atoms with E-state index in [1.807, 2.05) is 30.3 Å². The molecule has 0 aliphatic heterocycles. The highest BCUT2D eigenvalue weighted by Crippen LogP contribution is 2.22. The number of nitrogens with zero attached hydrogens (tertiary/aromatic N) is 1. The number of methoxy groups -OCH3 is 1. The van der Waals surface area contributed by atoms with Crippen molar-refractivity contribution in [3.63, 3.8) is 0 Å². The highest BCUT2D eigenvalue weighted by molar-refractivity contribution is 9.10. The zero-order valence-electron chi connectivity index (χ0n) is 10.4. The summed E-state index contributed by atoms with van der Waals surface area (Å²) in [7, 11) is 1.61. The smallest absolute Gasteiger partial charge is 0.214 e. The fraction of sp³-hybridized carbons (Fsp3) is 0.214. The number of anilines is 1. The van der Waals surface area contributed by atoms with E-state index in [0.29, 0.717) is 5.88 Å². The minimum absolute atomic E-state index is 0.183. The Morgan fingerprint density at radius 3 is 2.72 bits per heavy atom. The van der Waals surface area contributed by atoms with Crippen molar-refractivity contribution >= 4 is 21.7 Å². The van der Waals surface area contributed by atoms with Crippen LogP contribution in [0.1, 0.15) is 18.5 Å². The van der Waals surface area contributed by atoms with E-state index in [2.05, 4.69) is 45.3 Å². The monoisotopic (exact) mass is 306 g/mol. The molecule has 0 bridgehead atoms. The summed E-state index contributed by atoms with van der Waals surface area (Å²) >= 11 is 3.48. The van der Waals surface area contributed by atoms with Crippen LogP contribution in [-0.4, -0.2) is 12.1 Å². The van der Waals surface area contributed by atoms with Crippen molar-refractivity contribution in [3.8, 4) is 5.88 Å². The molecule has 0 amide bonds. The summed E-state index contributed by atoms with van der Waals surface area (Å²) in [5.41, 5.74) is 1.20. The summed E-state index contributed by atoms with van der Waals surface area (Å²) in [6.07, 6.45) is 0. The molecule has 0 radical (unpaired) electrons. The first-order valence-corrected chi connectivity index (χ1v) is 6.51. The van der Waals surface area contributed by atoms with Crippen LogP contribution in [0, 0.1) is 0 Å². The molecule has 0 saturated carbocycles. The Labute approximate surface area is 115 Å². The van der Waals surface area contributed by atoms with Crippen molar-refractivity contribution in [2.24, 2.45) is 0 Å². The molecule has 0 aliphatic rings. The van der Waals surface area contributed by atoms with E-state index >= 15 is 0 Å². The molecule has 1 unspecified atom stereocenters. The maximum absolute atomic E-state index is 5.10. The van der Waals surface area contributed by atoms with Crippen LogP contribution in [0.25, 0.3) is 0 Å². The topological polar surface area (TPSA) is 34.1 Å². The summed E-state index contributed by atoms with van der Waals surface area (Å²) in [6.45, 7) is 2.10. The van der Waals surface area contributed by atoms with Gasteiger partial charge < -0.3 is 10.1 Å². The number of hydrogen-bond acceptors (Lipinski definition) is 3. The van der Waals surface area contributed by atoms with Gasteiger partial charge in [0.05, 0.1) is 7.11 Å². The van der Waals surface area contributed by atoms with Crippen LogP contribution in [0.5, 0.6) is 5.88 Å².